The standard InChI is InChI=1S/C15H23NO2/c1-12-3-4-14(11-17)10-16(12)9-13-5-7-15(18-2)8-6-13/h5-8,12,14,17H,3-4,9-11H2,1-2H3. The van der Waals surface area contributed by atoms with Crippen LogP contribution in [0.25, 0.3) is 0 Å². The summed E-state index contributed by atoms with van der Waals surface area (Å²) in [7, 11) is 1.69. The van der Waals surface area contributed by atoms with Crippen LogP contribution in [0.15, 0.2) is 24.3 Å². The lowest BCUT2D eigenvalue weighted by molar-refractivity contribution is 0.0771. The molecule has 1 aromatic rings. The summed E-state index contributed by atoms with van der Waals surface area (Å²) in [6.45, 7) is 4.55. The number of hydrogen-bond donors (Lipinski definition) is 1. The van der Waals surface area contributed by atoms with Crippen LogP contribution in [0.2, 0.25) is 0 Å². The topological polar surface area (TPSA) is 32.7 Å². The molecule has 0 aromatic heterocycles. The SMILES string of the molecule is COc1ccc(CN2CC(CO)CCC2C)cc1. The van der Waals surface area contributed by atoms with E-state index in [9.17, 15) is 5.11 Å². The Balaban J connectivity index is 1.97. The maximum atomic E-state index is 9.29. The molecule has 1 aliphatic rings. The van der Waals surface area contributed by atoms with Crippen molar-refractivity contribution in [3.63, 3.8) is 0 Å². The molecule has 0 aliphatic carbocycles. The maximum absolute atomic E-state index is 9.29. The van der Waals surface area contributed by atoms with Crippen LogP contribution < -0.4 is 4.74 Å². The van der Waals surface area contributed by atoms with Crippen LogP contribution in [0, 0.1) is 5.92 Å². The van der Waals surface area contributed by atoms with Crippen LogP contribution in [0.4, 0.5) is 0 Å². The highest BCUT2D eigenvalue weighted by atomic mass is 16.5. The van der Waals surface area contributed by atoms with Gasteiger partial charge < -0.3 is 9.84 Å². The molecular formula is C15H23NO2. The van der Waals surface area contributed by atoms with Crippen molar-refractivity contribution in [3.05, 3.63) is 29.8 Å². The van der Waals surface area contributed by atoms with Crippen molar-refractivity contribution in [3.8, 4) is 5.75 Å². The Morgan fingerprint density at radius 2 is 2.00 bits per heavy atom. The Labute approximate surface area is 109 Å². The molecule has 18 heavy (non-hydrogen) atoms. The Kier molecular flexibility index (Phi) is 4.61. The smallest absolute Gasteiger partial charge is 0.118 e. The van der Waals surface area contributed by atoms with Crippen LogP contribution in [0.5, 0.6) is 5.75 Å². The molecule has 1 aliphatic heterocycles. The van der Waals surface area contributed by atoms with E-state index in [2.05, 4.69) is 24.0 Å². The average molecular weight is 249 g/mol. The van der Waals surface area contributed by atoms with Crippen LogP contribution in [0.1, 0.15) is 25.3 Å². The summed E-state index contributed by atoms with van der Waals surface area (Å²) in [5.41, 5.74) is 1.31. The van der Waals surface area contributed by atoms with E-state index < -0.39 is 0 Å². The Bertz CT molecular complexity index is 363. The van der Waals surface area contributed by atoms with E-state index in [-0.39, 0.29) is 0 Å². The number of nitrogens with zero attached hydrogens (tertiary/aromatic N) is 1. The number of likely N-dealkylation sites (tertiary alicyclic amines) is 1. The highest BCUT2D eigenvalue weighted by molar-refractivity contribution is 5.27. The van der Waals surface area contributed by atoms with E-state index in [4.69, 9.17) is 4.74 Å². The zero-order chi connectivity index (χ0) is 13.0. The number of rotatable bonds is 4. The molecule has 1 fully saturated rings. The Morgan fingerprint density at radius 3 is 2.61 bits per heavy atom. The van der Waals surface area contributed by atoms with E-state index in [0.29, 0.717) is 18.6 Å². The summed E-state index contributed by atoms with van der Waals surface area (Å²) in [5.74, 6) is 1.35. The van der Waals surface area contributed by atoms with Gasteiger partial charge in [0.05, 0.1) is 7.11 Å². The molecule has 0 radical (unpaired) electrons. The fraction of sp³-hybridized carbons (Fsp3) is 0.600. The van der Waals surface area contributed by atoms with Gasteiger partial charge in [-0.3, -0.25) is 4.90 Å². The summed E-state index contributed by atoms with van der Waals surface area (Å²) >= 11 is 0. The van der Waals surface area contributed by atoms with Gasteiger partial charge in [-0.1, -0.05) is 12.1 Å². The predicted octanol–water partition coefficient (Wildman–Crippen LogP) is 2.29. The zero-order valence-corrected chi connectivity index (χ0v) is 11.3. The highest BCUT2D eigenvalue weighted by Gasteiger charge is 2.24. The van der Waals surface area contributed by atoms with Gasteiger partial charge in [-0.15, -0.1) is 0 Å². The third-order valence-corrected chi connectivity index (χ3v) is 3.91. The number of methoxy groups -OCH3 is 1. The first-order valence-electron chi connectivity index (χ1n) is 6.70. The molecule has 2 unspecified atom stereocenters. The lowest BCUT2D eigenvalue weighted by Gasteiger charge is -2.37. The molecule has 0 amide bonds. The van der Waals surface area contributed by atoms with Crippen molar-refractivity contribution in [2.75, 3.05) is 20.3 Å². The molecule has 3 heteroatoms. The lowest BCUT2D eigenvalue weighted by atomic mass is 9.93. The lowest BCUT2D eigenvalue weighted by Crippen LogP contribution is -2.42. The van der Waals surface area contributed by atoms with Crippen molar-refractivity contribution in [2.24, 2.45) is 5.92 Å². The predicted molar refractivity (Wildman–Crippen MR) is 72.7 cm³/mol. The monoisotopic (exact) mass is 249 g/mol. The first-order chi connectivity index (χ1) is 8.72. The normalized spacial score (nSPS) is 25.1. The van der Waals surface area contributed by atoms with E-state index in [1.807, 2.05) is 12.1 Å². The van der Waals surface area contributed by atoms with Gasteiger partial charge in [0.2, 0.25) is 0 Å². The first kappa shape index (κ1) is 13.4. The third-order valence-electron chi connectivity index (χ3n) is 3.91. The van der Waals surface area contributed by atoms with Crippen LogP contribution in [-0.4, -0.2) is 36.3 Å². The van der Waals surface area contributed by atoms with Crippen molar-refractivity contribution in [2.45, 2.75) is 32.4 Å². The number of benzene rings is 1. The van der Waals surface area contributed by atoms with Gasteiger partial charge in [0.15, 0.2) is 0 Å². The summed E-state index contributed by atoms with van der Waals surface area (Å²) in [5, 5.41) is 9.29. The molecule has 2 rings (SSSR count). The average Bonchev–Trinajstić information content (AvgIpc) is 2.42. The minimum absolute atomic E-state index is 0.311. The second kappa shape index (κ2) is 6.21. The minimum Gasteiger partial charge on any atom is -0.497 e. The van der Waals surface area contributed by atoms with E-state index in [0.717, 1.165) is 25.3 Å². The summed E-state index contributed by atoms with van der Waals surface area (Å²) in [4.78, 5) is 2.46. The number of aliphatic hydroxyl groups is 1. The highest BCUT2D eigenvalue weighted by Crippen LogP contribution is 2.23. The third kappa shape index (κ3) is 3.24. The molecule has 1 aromatic carbocycles. The van der Waals surface area contributed by atoms with Gasteiger partial charge in [0.1, 0.15) is 5.75 Å². The summed E-state index contributed by atoms with van der Waals surface area (Å²) < 4.78 is 5.17. The molecule has 1 heterocycles. The largest absolute Gasteiger partial charge is 0.497 e. The number of hydrogen-bond acceptors (Lipinski definition) is 3. The van der Waals surface area contributed by atoms with E-state index in [1.54, 1.807) is 7.11 Å². The van der Waals surface area contributed by atoms with Crippen molar-refractivity contribution in [1.29, 1.82) is 0 Å². The first-order valence-corrected chi connectivity index (χ1v) is 6.70. The number of ether oxygens (including phenoxy) is 1. The van der Waals surface area contributed by atoms with Gasteiger partial charge in [0.25, 0.3) is 0 Å². The molecule has 100 valence electrons. The Hall–Kier alpha value is -1.06. The van der Waals surface area contributed by atoms with Gasteiger partial charge >= 0.3 is 0 Å². The zero-order valence-electron chi connectivity index (χ0n) is 11.3. The van der Waals surface area contributed by atoms with Gasteiger partial charge in [-0.05, 0) is 43.4 Å². The quantitative estimate of drug-likeness (QED) is 0.888. The second-order valence-electron chi connectivity index (χ2n) is 5.25. The van der Waals surface area contributed by atoms with Crippen molar-refractivity contribution in [1.82, 2.24) is 4.90 Å². The molecular weight excluding hydrogens is 226 g/mol. The minimum atomic E-state index is 0.311. The van der Waals surface area contributed by atoms with Crippen molar-refractivity contribution >= 4 is 0 Å². The summed E-state index contributed by atoms with van der Waals surface area (Å²) in [6, 6.07) is 8.86. The molecule has 0 spiro atoms. The van der Waals surface area contributed by atoms with E-state index in [1.165, 1.54) is 12.0 Å². The molecule has 0 bridgehead atoms. The molecule has 1 N–H and O–H groups in total. The number of piperidine rings is 1. The van der Waals surface area contributed by atoms with Crippen molar-refractivity contribution < 1.29 is 9.84 Å². The Morgan fingerprint density at radius 1 is 1.28 bits per heavy atom. The molecule has 0 saturated carbocycles. The molecule has 1 saturated heterocycles. The van der Waals surface area contributed by atoms with Crippen LogP contribution >= 0.6 is 0 Å². The summed E-state index contributed by atoms with van der Waals surface area (Å²) in [6.07, 6.45) is 2.33. The fourth-order valence-corrected chi connectivity index (χ4v) is 2.60. The second-order valence-corrected chi connectivity index (χ2v) is 5.25. The van der Waals surface area contributed by atoms with Crippen LogP contribution in [0.3, 0.4) is 0 Å². The van der Waals surface area contributed by atoms with Gasteiger partial charge in [0, 0.05) is 25.7 Å². The van der Waals surface area contributed by atoms with E-state index >= 15 is 0 Å². The molecule has 2 atom stereocenters. The van der Waals surface area contributed by atoms with Gasteiger partial charge in [-0.2, -0.15) is 0 Å². The van der Waals surface area contributed by atoms with Crippen LogP contribution in [-0.2, 0) is 6.54 Å². The maximum Gasteiger partial charge on any atom is 0.118 e. The molecule has 3 nitrogen and oxygen atoms in total. The number of aliphatic hydroxyl groups excluding tert-OH is 1. The van der Waals surface area contributed by atoms with Gasteiger partial charge in [-0.25, -0.2) is 0 Å². The fourth-order valence-electron chi connectivity index (χ4n) is 2.60.